The van der Waals surface area contributed by atoms with E-state index in [1.54, 1.807) is 4.67 Å². The molecule has 0 bridgehead atoms. The SMILES string of the molecule is COP(=O)(OC)OP(=O)(OC)N1CCCCC1. The Balaban J connectivity index is 2.80. The Morgan fingerprint density at radius 3 is 1.82 bits per heavy atom. The molecule has 1 saturated heterocycles. The Kier molecular flexibility index (Phi) is 5.80. The van der Waals surface area contributed by atoms with Crippen LogP contribution < -0.4 is 0 Å². The smallest absolute Gasteiger partial charge is 0.300 e. The largest absolute Gasteiger partial charge is 0.482 e. The molecule has 1 aliphatic heterocycles. The van der Waals surface area contributed by atoms with Crippen molar-refractivity contribution in [2.45, 2.75) is 19.3 Å². The Morgan fingerprint density at radius 1 is 0.882 bits per heavy atom. The molecule has 0 aromatic carbocycles. The van der Waals surface area contributed by atoms with E-state index in [4.69, 9.17) is 8.83 Å². The molecule has 1 aliphatic rings. The highest BCUT2D eigenvalue weighted by Gasteiger charge is 2.42. The highest BCUT2D eigenvalue weighted by molar-refractivity contribution is 7.63. The molecule has 102 valence electrons. The average Bonchev–Trinajstić information content (AvgIpc) is 2.39. The summed E-state index contributed by atoms with van der Waals surface area (Å²) < 4.78 is 44.9. The van der Waals surface area contributed by atoms with Gasteiger partial charge >= 0.3 is 15.6 Å². The summed E-state index contributed by atoms with van der Waals surface area (Å²) in [5, 5.41) is 0. The molecule has 0 saturated carbocycles. The van der Waals surface area contributed by atoms with Gasteiger partial charge in [-0.1, -0.05) is 6.42 Å². The van der Waals surface area contributed by atoms with Gasteiger partial charge in [0.25, 0.3) is 0 Å². The van der Waals surface area contributed by atoms with E-state index in [0.717, 1.165) is 19.3 Å². The second kappa shape index (κ2) is 6.43. The molecule has 1 unspecified atom stereocenters. The predicted molar refractivity (Wildman–Crippen MR) is 62.7 cm³/mol. The van der Waals surface area contributed by atoms with Crippen LogP contribution in [0.2, 0.25) is 0 Å². The van der Waals surface area contributed by atoms with E-state index in [9.17, 15) is 9.13 Å². The van der Waals surface area contributed by atoms with Gasteiger partial charge in [-0.15, -0.1) is 0 Å². The lowest BCUT2D eigenvalue weighted by Crippen LogP contribution is -2.28. The molecule has 1 rings (SSSR count). The number of hydrogen-bond donors (Lipinski definition) is 0. The second-order valence-corrected chi connectivity index (χ2v) is 7.71. The van der Waals surface area contributed by atoms with Gasteiger partial charge in [-0.2, -0.15) is 4.31 Å². The van der Waals surface area contributed by atoms with Crippen LogP contribution in [0, 0.1) is 0 Å². The molecule has 0 aromatic heterocycles. The molecule has 1 fully saturated rings. The zero-order chi connectivity index (χ0) is 12.9. The molecule has 9 heteroatoms. The first-order valence-corrected chi connectivity index (χ1v) is 8.29. The zero-order valence-corrected chi connectivity index (χ0v) is 12.1. The van der Waals surface area contributed by atoms with Crippen molar-refractivity contribution in [1.82, 2.24) is 4.67 Å². The van der Waals surface area contributed by atoms with Gasteiger partial charge in [0.05, 0.1) is 0 Å². The quantitative estimate of drug-likeness (QED) is 0.695. The highest BCUT2D eigenvalue weighted by Crippen LogP contribution is 2.66. The fourth-order valence-electron chi connectivity index (χ4n) is 1.59. The third kappa shape index (κ3) is 3.86. The fourth-order valence-corrected chi connectivity index (χ4v) is 4.97. The molecule has 0 spiro atoms. The summed E-state index contributed by atoms with van der Waals surface area (Å²) in [6, 6.07) is 0. The molecular weight excluding hydrogens is 268 g/mol. The maximum atomic E-state index is 12.4. The molecule has 0 amide bonds. The van der Waals surface area contributed by atoms with E-state index in [1.165, 1.54) is 21.3 Å². The maximum absolute atomic E-state index is 12.4. The first kappa shape index (κ1) is 15.3. The van der Waals surface area contributed by atoms with Crippen molar-refractivity contribution in [2.24, 2.45) is 0 Å². The van der Waals surface area contributed by atoms with E-state index in [2.05, 4.69) is 9.05 Å². The van der Waals surface area contributed by atoms with Crippen LogP contribution in [0.4, 0.5) is 0 Å². The van der Waals surface area contributed by atoms with E-state index < -0.39 is 15.6 Å². The van der Waals surface area contributed by atoms with E-state index in [0.29, 0.717) is 13.1 Å². The van der Waals surface area contributed by atoms with Crippen molar-refractivity contribution in [1.29, 1.82) is 0 Å². The van der Waals surface area contributed by atoms with Gasteiger partial charge in [-0.05, 0) is 12.8 Å². The lowest BCUT2D eigenvalue weighted by atomic mass is 10.2. The number of piperidine rings is 1. The minimum atomic E-state index is -3.82. The van der Waals surface area contributed by atoms with Gasteiger partial charge in [0.2, 0.25) is 0 Å². The van der Waals surface area contributed by atoms with Crippen molar-refractivity contribution in [3.05, 3.63) is 0 Å². The van der Waals surface area contributed by atoms with E-state index in [-0.39, 0.29) is 0 Å². The third-order valence-corrected chi connectivity index (χ3v) is 6.63. The molecule has 0 aromatic rings. The lowest BCUT2D eigenvalue weighted by Gasteiger charge is -2.32. The molecule has 0 N–H and O–H groups in total. The summed E-state index contributed by atoms with van der Waals surface area (Å²) in [5.41, 5.74) is 0. The van der Waals surface area contributed by atoms with Crippen molar-refractivity contribution in [2.75, 3.05) is 34.4 Å². The van der Waals surface area contributed by atoms with Crippen LogP contribution >= 0.6 is 15.6 Å². The van der Waals surface area contributed by atoms with Crippen LogP contribution in [0.25, 0.3) is 0 Å². The van der Waals surface area contributed by atoms with Crippen molar-refractivity contribution >= 4 is 15.6 Å². The number of phosphoric ester groups is 1. The van der Waals surface area contributed by atoms with Crippen LogP contribution in [0.15, 0.2) is 0 Å². The van der Waals surface area contributed by atoms with Crippen LogP contribution in [0.3, 0.4) is 0 Å². The van der Waals surface area contributed by atoms with E-state index >= 15 is 0 Å². The Morgan fingerprint density at radius 2 is 1.41 bits per heavy atom. The number of phosphoric acid groups is 1. The van der Waals surface area contributed by atoms with Gasteiger partial charge < -0.3 is 0 Å². The summed E-state index contributed by atoms with van der Waals surface area (Å²) in [6.07, 6.45) is 2.88. The normalized spacial score (nSPS) is 22.3. The minimum absolute atomic E-state index is 0.582. The van der Waals surface area contributed by atoms with Gasteiger partial charge in [-0.25, -0.2) is 13.8 Å². The van der Waals surface area contributed by atoms with Crippen LogP contribution in [0.1, 0.15) is 19.3 Å². The van der Waals surface area contributed by atoms with E-state index in [1.807, 2.05) is 0 Å². The zero-order valence-electron chi connectivity index (χ0n) is 10.3. The molecular formula is C8H19NO6P2. The van der Waals surface area contributed by atoms with Crippen LogP contribution in [-0.4, -0.2) is 39.1 Å². The maximum Gasteiger partial charge on any atom is 0.482 e. The molecule has 0 radical (unpaired) electrons. The standard InChI is InChI=1S/C8H19NO6P2/c1-12-16(10,9-7-5-4-6-8-9)15-17(11,13-2)14-3/h4-8H2,1-3H3. The van der Waals surface area contributed by atoms with Gasteiger partial charge in [0.1, 0.15) is 0 Å². The number of rotatable bonds is 6. The fraction of sp³-hybridized carbons (Fsp3) is 1.00. The second-order valence-electron chi connectivity index (χ2n) is 3.56. The Bertz CT molecular complexity index is 322. The van der Waals surface area contributed by atoms with Gasteiger partial charge in [0.15, 0.2) is 0 Å². The van der Waals surface area contributed by atoms with Crippen molar-refractivity contribution in [3.8, 4) is 0 Å². The minimum Gasteiger partial charge on any atom is -0.300 e. The lowest BCUT2D eigenvalue weighted by molar-refractivity contribution is 0.168. The summed E-state index contributed by atoms with van der Waals surface area (Å²) in [6.45, 7) is 1.16. The third-order valence-electron chi connectivity index (χ3n) is 2.56. The van der Waals surface area contributed by atoms with Crippen LogP contribution in [-0.2, 0) is 27.0 Å². The molecule has 1 heterocycles. The van der Waals surface area contributed by atoms with Gasteiger partial charge in [0, 0.05) is 34.4 Å². The molecule has 17 heavy (non-hydrogen) atoms. The highest BCUT2D eigenvalue weighted by atomic mass is 31.3. The first-order valence-electron chi connectivity index (χ1n) is 5.34. The monoisotopic (exact) mass is 287 g/mol. The van der Waals surface area contributed by atoms with Crippen LogP contribution in [0.5, 0.6) is 0 Å². The summed E-state index contributed by atoms with van der Waals surface area (Å²) in [5.74, 6) is 0. The number of hydrogen-bond acceptors (Lipinski definition) is 6. The predicted octanol–water partition coefficient (Wildman–Crippen LogP) is 2.64. The van der Waals surface area contributed by atoms with Crippen molar-refractivity contribution < 1.29 is 27.0 Å². The topological polar surface area (TPSA) is 74.3 Å². The summed E-state index contributed by atoms with van der Waals surface area (Å²) in [4.78, 5) is 0. The summed E-state index contributed by atoms with van der Waals surface area (Å²) in [7, 11) is -3.84. The van der Waals surface area contributed by atoms with Gasteiger partial charge in [-0.3, -0.25) is 13.6 Å². The number of nitrogens with zero attached hydrogens (tertiary/aromatic N) is 1. The molecule has 0 aliphatic carbocycles. The van der Waals surface area contributed by atoms with Crippen molar-refractivity contribution in [3.63, 3.8) is 0 Å². The average molecular weight is 287 g/mol. The Labute approximate surface area is 102 Å². The summed E-state index contributed by atoms with van der Waals surface area (Å²) >= 11 is 0. The molecule has 1 atom stereocenters. The Hall–Kier alpha value is 0.260. The first-order chi connectivity index (χ1) is 7.99. The molecule has 7 nitrogen and oxygen atoms in total.